The number of piperazine rings is 1. The minimum Gasteiger partial charge on any atom is -0.497 e. The van der Waals surface area contributed by atoms with Crippen molar-refractivity contribution >= 4 is 5.69 Å². The van der Waals surface area contributed by atoms with Gasteiger partial charge in [0.2, 0.25) is 0 Å². The number of hydrogen-bond acceptors (Lipinski definition) is 4. The number of nitrogens with one attached hydrogen (secondary N) is 1. The van der Waals surface area contributed by atoms with Crippen molar-refractivity contribution in [2.24, 2.45) is 0 Å². The molecule has 1 heterocycles. The van der Waals surface area contributed by atoms with Gasteiger partial charge < -0.3 is 24.4 Å². The number of ether oxygens (including phenoxy) is 2. The predicted octanol–water partition coefficient (Wildman–Crippen LogP) is 1.46. The Labute approximate surface area is 162 Å². The molecule has 0 bridgehead atoms. The summed E-state index contributed by atoms with van der Waals surface area (Å²) >= 11 is 0. The van der Waals surface area contributed by atoms with Crippen LogP contribution in [0.5, 0.6) is 11.5 Å². The van der Waals surface area contributed by atoms with E-state index in [9.17, 15) is 5.11 Å². The molecule has 0 unspecified atom stereocenters. The molecular weight excluding hydrogens is 340 g/mol. The fraction of sp³-hybridized carbons (Fsp3) is 0.455. The van der Waals surface area contributed by atoms with Gasteiger partial charge in [0.25, 0.3) is 0 Å². The molecule has 1 aliphatic rings. The summed E-state index contributed by atoms with van der Waals surface area (Å²) in [4.78, 5) is 3.82. The second kappa shape index (κ2) is 9.11. The van der Waals surface area contributed by atoms with Crippen molar-refractivity contribution in [3.8, 4) is 11.5 Å². The van der Waals surface area contributed by atoms with Crippen molar-refractivity contribution in [2.75, 3.05) is 51.3 Å². The van der Waals surface area contributed by atoms with Gasteiger partial charge in [-0.25, -0.2) is 0 Å². The lowest BCUT2D eigenvalue weighted by molar-refractivity contribution is -0.903. The van der Waals surface area contributed by atoms with Crippen molar-refractivity contribution < 1.29 is 19.5 Å². The molecular formula is C22H31N2O3+. The van der Waals surface area contributed by atoms with Crippen molar-refractivity contribution in [3.63, 3.8) is 0 Å². The van der Waals surface area contributed by atoms with Gasteiger partial charge >= 0.3 is 0 Å². The van der Waals surface area contributed by atoms with Crippen LogP contribution in [0.3, 0.4) is 0 Å². The zero-order chi connectivity index (χ0) is 19.2. The van der Waals surface area contributed by atoms with E-state index in [0.717, 1.165) is 49.8 Å². The van der Waals surface area contributed by atoms with Crippen LogP contribution < -0.4 is 19.3 Å². The number of hydrogen-bond donors (Lipinski definition) is 2. The molecule has 5 nitrogen and oxygen atoms in total. The standard InChI is InChI=1S/C22H30N2O3/c1-17-4-9-22(18(2)14-17)27-16-20(25)15-23-10-12-24(13-11-23)19-5-7-21(26-3)8-6-19/h4-9,14,20,25H,10-13,15-16H2,1-3H3/p+1/t20-/m1/s1. The lowest BCUT2D eigenvalue weighted by Crippen LogP contribution is -3.16. The van der Waals surface area contributed by atoms with Gasteiger partial charge in [0, 0.05) is 5.69 Å². The summed E-state index contributed by atoms with van der Waals surface area (Å²) in [6, 6.07) is 14.3. The normalized spacial score (nSPS) is 16.2. The summed E-state index contributed by atoms with van der Waals surface area (Å²) < 4.78 is 11.0. The molecule has 5 heteroatoms. The van der Waals surface area contributed by atoms with E-state index in [1.54, 1.807) is 7.11 Å². The van der Waals surface area contributed by atoms with Crippen LogP contribution in [0.4, 0.5) is 5.69 Å². The van der Waals surface area contributed by atoms with Gasteiger partial charge in [-0.1, -0.05) is 17.7 Å². The zero-order valence-electron chi connectivity index (χ0n) is 16.6. The first-order valence-electron chi connectivity index (χ1n) is 9.66. The van der Waals surface area contributed by atoms with Gasteiger partial charge in [0.1, 0.15) is 30.8 Å². The molecule has 0 amide bonds. The van der Waals surface area contributed by atoms with E-state index in [4.69, 9.17) is 9.47 Å². The molecule has 0 saturated carbocycles. The third-order valence-electron chi connectivity index (χ3n) is 5.19. The third kappa shape index (κ3) is 5.37. The summed E-state index contributed by atoms with van der Waals surface area (Å²) in [6.07, 6.45) is -0.451. The first kappa shape index (κ1) is 19.5. The smallest absolute Gasteiger partial charge is 0.137 e. The van der Waals surface area contributed by atoms with Crippen LogP contribution in [0, 0.1) is 13.8 Å². The number of nitrogens with zero attached hydrogens (tertiary/aromatic N) is 1. The Balaban J connectivity index is 1.42. The number of quaternary nitrogens is 1. The maximum absolute atomic E-state index is 10.4. The van der Waals surface area contributed by atoms with Crippen LogP contribution in [0.15, 0.2) is 42.5 Å². The molecule has 1 saturated heterocycles. The van der Waals surface area contributed by atoms with Gasteiger partial charge in [-0.2, -0.15) is 0 Å². The van der Waals surface area contributed by atoms with Crippen LogP contribution in [0.25, 0.3) is 0 Å². The Kier molecular flexibility index (Phi) is 6.58. The SMILES string of the molecule is COc1ccc(N2CC[NH+](C[C@@H](O)COc3ccc(C)cc3C)CC2)cc1. The Bertz CT molecular complexity index is 725. The molecule has 2 N–H and O–H groups in total. The Hall–Kier alpha value is -2.24. The molecule has 0 spiro atoms. The quantitative estimate of drug-likeness (QED) is 0.774. The van der Waals surface area contributed by atoms with Gasteiger partial charge in [0.05, 0.1) is 33.3 Å². The van der Waals surface area contributed by atoms with Crippen LogP contribution in [0.2, 0.25) is 0 Å². The van der Waals surface area contributed by atoms with Gasteiger partial charge in [-0.15, -0.1) is 0 Å². The average molecular weight is 372 g/mol. The summed E-state index contributed by atoms with van der Waals surface area (Å²) in [7, 11) is 1.69. The molecule has 146 valence electrons. The minimum absolute atomic E-state index is 0.343. The van der Waals surface area contributed by atoms with Crippen LogP contribution in [-0.4, -0.2) is 57.7 Å². The third-order valence-corrected chi connectivity index (χ3v) is 5.19. The molecule has 0 aliphatic carbocycles. The highest BCUT2D eigenvalue weighted by Crippen LogP contribution is 2.20. The lowest BCUT2D eigenvalue weighted by Gasteiger charge is -2.34. The average Bonchev–Trinajstić information content (AvgIpc) is 2.68. The topological polar surface area (TPSA) is 46.4 Å². The number of aryl methyl sites for hydroxylation is 2. The van der Waals surface area contributed by atoms with E-state index in [1.165, 1.54) is 16.2 Å². The first-order chi connectivity index (χ1) is 13.0. The zero-order valence-corrected chi connectivity index (χ0v) is 16.6. The molecule has 2 aromatic carbocycles. The van der Waals surface area contributed by atoms with E-state index in [-0.39, 0.29) is 0 Å². The maximum atomic E-state index is 10.4. The van der Waals surface area contributed by atoms with Crippen LogP contribution in [0.1, 0.15) is 11.1 Å². The highest BCUT2D eigenvalue weighted by atomic mass is 16.5. The number of aliphatic hydroxyl groups is 1. The maximum Gasteiger partial charge on any atom is 0.137 e. The molecule has 1 fully saturated rings. The monoisotopic (exact) mass is 371 g/mol. The van der Waals surface area contributed by atoms with Gasteiger partial charge in [-0.3, -0.25) is 0 Å². The molecule has 2 aromatic rings. The van der Waals surface area contributed by atoms with Crippen molar-refractivity contribution in [2.45, 2.75) is 20.0 Å². The Morgan fingerprint density at radius 2 is 1.78 bits per heavy atom. The number of methoxy groups -OCH3 is 1. The summed E-state index contributed by atoms with van der Waals surface area (Å²) in [5, 5.41) is 10.4. The molecule has 0 radical (unpaired) electrons. The summed E-state index contributed by atoms with van der Waals surface area (Å²) in [6.45, 7) is 9.20. The number of aliphatic hydroxyl groups excluding tert-OH is 1. The number of rotatable bonds is 7. The molecule has 1 aliphatic heterocycles. The van der Waals surface area contributed by atoms with Gasteiger partial charge in [0.15, 0.2) is 0 Å². The second-order valence-corrected chi connectivity index (χ2v) is 7.37. The molecule has 27 heavy (non-hydrogen) atoms. The molecule has 1 atom stereocenters. The summed E-state index contributed by atoms with van der Waals surface area (Å²) in [5.74, 6) is 1.74. The van der Waals surface area contributed by atoms with E-state index >= 15 is 0 Å². The minimum atomic E-state index is -0.451. The van der Waals surface area contributed by atoms with E-state index in [2.05, 4.69) is 30.0 Å². The highest BCUT2D eigenvalue weighted by Gasteiger charge is 2.23. The first-order valence-corrected chi connectivity index (χ1v) is 9.66. The number of benzene rings is 2. The van der Waals surface area contributed by atoms with Crippen molar-refractivity contribution in [1.29, 1.82) is 0 Å². The van der Waals surface area contributed by atoms with Crippen LogP contribution in [-0.2, 0) is 0 Å². The fourth-order valence-electron chi connectivity index (χ4n) is 3.62. The number of anilines is 1. The van der Waals surface area contributed by atoms with E-state index in [1.807, 2.05) is 31.2 Å². The predicted molar refractivity (Wildman–Crippen MR) is 108 cm³/mol. The summed E-state index contributed by atoms with van der Waals surface area (Å²) in [5.41, 5.74) is 3.57. The van der Waals surface area contributed by atoms with Gasteiger partial charge in [-0.05, 0) is 49.7 Å². The molecule has 0 aromatic heterocycles. The molecule has 3 rings (SSSR count). The van der Waals surface area contributed by atoms with E-state index < -0.39 is 6.10 Å². The highest BCUT2D eigenvalue weighted by molar-refractivity contribution is 5.49. The fourth-order valence-corrected chi connectivity index (χ4v) is 3.62. The van der Waals surface area contributed by atoms with Crippen LogP contribution >= 0.6 is 0 Å². The second-order valence-electron chi connectivity index (χ2n) is 7.37. The lowest BCUT2D eigenvalue weighted by atomic mass is 10.1. The van der Waals surface area contributed by atoms with E-state index in [0.29, 0.717) is 6.61 Å². The Morgan fingerprint density at radius 3 is 2.41 bits per heavy atom. The largest absolute Gasteiger partial charge is 0.497 e. The van der Waals surface area contributed by atoms with Crippen molar-refractivity contribution in [3.05, 3.63) is 53.6 Å². The Morgan fingerprint density at radius 1 is 1.07 bits per heavy atom. The van der Waals surface area contributed by atoms with Crippen molar-refractivity contribution in [1.82, 2.24) is 0 Å².